The van der Waals surface area contributed by atoms with Gasteiger partial charge in [-0.15, -0.1) is 0 Å². The number of hydrogen-bond donors (Lipinski definition) is 2. The molecule has 1 aromatic heterocycles. The van der Waals surface area contributed by atoms with Crippen LogP contribution in [0.25, 0.3) is 10.9 Å². The third-order valence-corrected chi connectivity index (χ3v) is 3.04. The van der Waals surface area contributed by atoms with Gasteiger partial charge < -0.3 is 15.0 Å². The average molecular weight is 232 g/mol. The van der Waals surface area contributed by atoms with E-state index in [0.717, 1.165) is 29.6 Å². The van der Waals surface area contributed by atoms with Crippen LogP contribution in [0.3, 0.4) is 0 Å². The zero-order chi connectivity index (χ0) is 12.4. The molecule has 0 radical (unpaired) electrons. The van der Waals surface area contributed by atoms with Crippen molar-refractivity contribution in [3.63, 3.8) is 0 Å². The molecular weight excluding hydrogens is 212 g/mol. The van der Waals surface area contributed by atoms with Gasteiger partial charge in [0.2, 0.25) is 0 Å². The molecule has 0 aliphatic carbocycles. The Morgan fingerprint density at radius 2 is 2.12 bits per heavy atom. The molecule has 0 atom stereocenters. The number of nitrogens with zero attached hydrogens (tertiary/aromatic N) is 1. The van der Waals surface area contributed by atoms with E-state index in [4.69, 9.17) is 0 Å². The van der Waals surface area contributed by atoms with Crippen molar-refractivity contribution in [3.8, 4) is 5.75 Å². The fourth-order valence-electron chi connectivity index (χ4n) is 2.20. The summed E-state index contributed by atoms with van der Waals surface area (Å²) >= 11 is 0. The molecule has 17 heavy (non-hydrogen) atoms. The van der Waals surface area contributed by atoms with E-state index in [1.54, 1.807) is 6.07 Å². The first-order chi connectivity index (χ1) is 8.15. The number of nitrogens with one attached hydrogen (secondary N) is 1. The topological polar surface area (TPSA) is 37.2 Å². The summed E-state index contributed by atoms with van der Waals surface area (Å²) in [6.45, 7) is 8.12. The van der Waals surface area contributed by atoms with Crippen LogP contribution in [0.15, 0.2) is 24.4 Å². The van der Waals surface area contributed by atoms with E-state index in [1.165, 1.54) is 0 Å². The van der Waals surface area contributed by atoms with Crippen LogP contribution < -0.4 is 5.32 Å². The maximum Gasteiger partial charge on any atom is 0.125 e. The Hall–Kier alpha value is -1.48. The number of aromatic nitrogens is 1. The SMILES string of the molecule is CCNCc1cn(C(C)C)c2cccc(O)c12. The minimum absolute atomic E-state index is 0.370. The second-order valence-corrected chi connectivity index (χ2v) is 4.61. The van der Waals surface area contributed by atoms with Gasteiger partial charge in [0, 0.05) is 24.2 Å². The van der Waals surface area contributed by atoms with E-state index in [9.17, 15) is 5.11 Å². The lowest BCUT2D eigenvalue weighted by Gasteiger charge is -2.08. The fourth-order valence-corrected chi connectivity index (χ4v) is 2.20. The van der Waals surface area contributed by atoms with Gasteiger partial charge in [-0.3, -0.25) is 0 Å². The molecule has 2 N–H and O–H groups in total. The molecule has 0 saturated carbocycles. The predicted molar refractivity (Wildman–Crippen MR) is 71.4 cm³/mol. The molecule has 1 heterocycles. The van der Waals surface area contributed by atoms with E-state index in [0.29, 0.717) is 11.8 Å². The van der Waals surface area contributed by atoms with Crippen LogP contribution in [-0.4, -0.2) is 16.2 Å². The molecule has 2 rings (SSSR count). The molecule has 3 nitrogen and oxygen atoms in total. The number of phenols is 1. The quantitative estimate of drug-likeness (QED) is 0.850. The van der Waals surface area contributed by atoms with Crippen molar-refractivity contribution in [2.24, 2.45) is 0 Å². The largest absolute Gasteiger partial charge is 0.507 e. The molecule has 0 aliphatic rings. The van der Waals surface area contributed by atoms with Crippen molar-refractivity contribution in [3.05, 3.63) is 30.0 Å². The summed E-state index contributed by atoms with van der Waals surface area (Å²) in [6.07, 6.45) is 2.14. The Bertz CT molecular complexity index is 514. The number of hydrogen-bond acceptors (Lipinski definition) is 2. The van der Waals surface area contributed by atoms with Gasteiger partial charge in [0.05, 0.1) is 5.52 Å². The third-order valence-electron chi connectivity index (χ3n) is 3.04. The Labute approximate surface area is 102 Å². The first kappa shape index (κ1) is 12.0. The maximum atomic E-state index is 10.0. The lowest BCUT2D eigenvalue weighted by Crippen LogP contribution is -2.11. The van der Waals surface area contributed by atoms with Crippen molar-refractivity contribution >= 4 is 10.9 Å². The molecule has 92 valence electrons. The Kier molecular flexibility index (Phi) is 3.38. The number of rotatable bonds is 4. The van der Waals surface area contributed by atoms with Crippen molar-refractivity contribution in [2.45, 2.75) is 33.4 Å². The zero-order valence-electron chi connectivity index (χ0n) is 10.7. The van der Waals surface area contributed by atoms with Gasteiger partial charge in [-0.2, -0.15) is 0 Å². The van der Waals surface area contributed by atoms with Gasteiger partial charge in [0.25, 0.3) is 0 Å². The highest BCUT2D eigenvalue weighted by Crippen LogP contribution is 2.31. The van der Waals surface area contributed by atoms with Crippen LogP contribution in [0.4, 0.5) is 0 Å². The second kappa shape index (κ2) is 4.80. The van der Waals surface area contributed by atoms with E-state index < -0.39 is 0 Å². The van der Waals surface area contributed by atoms with Crippen molar-refractivity contribution in [1.29, 1.82) is 0 Å². The first-order valence-corrected chi connectivity index (χ1v) is 6.17. The minimum Gasteiger partial charge on any atom is -0.507 e. The lowest BCUT2D eigenvalue weighted by molar-refractivity contribution is 0.481. The zero-order valence-corrected chi connectivity index (χ0v) is 10.7. The molecule has 0 saturated heterocycles. The summed E-state index contributed by atoms with van der Waals surface area (Å²) in [5, 5.41) is 14.3. The predicted octanol–water partition coefficient (Wildman–Crippen LogP) is 3.04. The summed E-state index contributed by atoms with van der Waals surface area (Å²) in [6, 6.07) is 6.11. The van der Waals surface area contributed by atoms with Crippen LogP contribution >= 0.6 is 0 Å². The van der Waals surface area contributed by atoms with Gasteiger partial charge in [0.15, 0.2) is 0 Å². The van der Waals surface area contributed by atoms with E-state index in [-0.39, 0.29) is 0 Å². The van der Waals surface area contributed by atoms with Crippen LogP contribution in [0.2, 0.25) is 0 Å². The molecule has 0 fully saturated rings. The van der Waals surface area contributed by atoms with Gasteiger partial charge in [-0.05, 0) is 38.1 Å². The van der Waals surface area contributed by atoms with Crippen LogP contribution in [0.5, 0.6) is 5.75 Å². The summed E-state index contributed by atoms with van der Waals surface area (Å²) in [7, 11) is 0. The Morgan fingerprint density at radius 3 is 2.76 bits per heavy atom. The molecule has 1 aromatic carbocycles. The number of aromatic hydroxyl groups is 1. The van der Waals surface area contributed by atoms with Crippen molar-refractivity contribution in [1.82, 2.24) is 9.88 Å². The van der Waals surface area contributed by atoms with Crippen LogP contribution in [0, 0.1) is 0 Å². The van der Waals surface area contributed by atoms with E-state index in [1.807, 2.05) is 6.07 Å². The molecular formula is C14H20N2O. The van der Waals surface area contributed by atoms with Crippen LogP contribution in [-0.2, 0) is 6.54 Å². The molecule has 2 aromatic rings. The number of benzene rings is 1. The highest BCUT2D eigenvalue weighted by atomic mass is 16.3. The monoisotopic (exact) mass is 232 g/mol. The third kappa shape index (κ3) is 2.15. The standard InChI is InChI=1S/C14H20N2O/c1-4-15-8-11-9-16(10(2)3)12-6-5-7-13(17)14(11)12/h5-7,9-10,15,17H,4,8H2,1-3H3. The molecule has 0 aliphatic heterocycles. The Balaban J connectivity index is 2.59. The molecule has 0 unspecified atom stereocenters. The normalized spacial score (nSPS) is 11.5. The summed E-state index contributed by atoms with van der Waals surface area (Å²) in [4.78, 5) is 0. The fraction of sp³-hybridized carbons (Fsp3) is 0.429. The molecule has 0 amide bonds. The van der Waals surface area contributed by atoms with Gasteiger partial charge in [0.1, 0.15) is 5.75 Å². The smallest absolute Gasteiger partial charge is 0.125 e. The van der Waals surface area contributed by atoms with Gasteiger partial charge in [-0.25, -0.2) is 0 Å². The van der Waals surface area contributed by atoms with Gasteiger partial charge >= 0.3 is 0 Å². The first-order valence-electron chi connectivity index (χ1n) is 6.17. The van der Waals surface area contributed by atoms with Gasteiger partial charge in [-0.1, -0.05) is 13.0 Å². The van der Waals surface area contributed by atoms with Crippen molar-refractivity contribution < 1.29 is 5.11 Å². The minimum atomic E-state index is 0.370. The highest BCUT2D eigenvalue weighted by molar-refractivity contribution is 5.89. The van der Waals surface area contributed by atoms with E-state index in [2.05, 4.69) is 42.9 Å². The number of phenolic OH excluding ortho intramolecular Hbond substituents is 1. The van der Waals surface area contributed by atoms with Crippen molar-refractivity contribution in [2.75, 3.05) is 6.54 Å². The molecule has 0 bridgehead atoms. The van der Waals surface area contributed by atoms with E-state index >= 15 is 0 Å². The number of fused-ring (bicyclic) bond motifs is 1. The summed E-state index contributed by atoms with van der Waals surface area (Å²) in [5.41, 5.74) is 2.27. The average Bonchev–Trinajstić information content (AvgIpc) is 2.67. The summed E-state index contributed by atoms with van der Waals surface area (Å²) in [5.74, 6) is 0.370. The maximum absolute atomic E-state index is 10.0. The molecule has 3 heteroatoms. The van der Waals surface area contributed by atoms with Crippen LogP contribution in [0.1, 0.15) is 32.4 Å². The second-order valence-electron chi connectivity index (χ2n) is 4.61. The lowest BCUT2D eigenvalue weighted by atomic mass is 10.1. The highest BCUT2D eigenvalue weighted by Gasteiger charge is 2.12. The molecule has 0 spiro atoms. The summed E-state index contributed by atoms with van der Waals surface area (Å²) < 4.78 is 2.21. The Morgan fingerprint density at radius 1 is 1.35 bits per heavy atom.